The van der Waals surface area contributed by atoms with Gasteiger partial charge < -0.3 is 9.80 Å². The highest BCUT2D eigenvalue weighted by atomic mass is 35.5. The Morgan fingerprint density at radius 2 is 1.62 bits per heavy atom. The molecular formula is C26H25ClF4N6O2S. The number of benzene rings is 2. The lowest BCUT2D eigenvalue weighted by atomic mass is 9.96. The van der Waals surface area contributed by atoms with E-state index in [1.807, 2.05) is 0 Å². The molecule has 2 aromatic carbocycles. The van der Waals surface area contributed by atoms with Gasteiger partial charge in [0.25, 0.3) is 15.9 Å². The van der Waals surface area contributed by atoms with Gasteiger partial charge in [-0.05, 0) is 38.1 Å². The standard InChI is InChI=1S/C26H25ClF4N6O2S/c1-25(2,29)21-15-35(24-32-13-17(28)14-33-24)11-12-36(21)23-22-19(27)5-4-6-20(22)37(34-23)40(38,39)18-9-7-16(8-10-18)26(3,30)31/h4-10,13-14,21H,11-12,15H2,1-3H3/t21-/m0/s1. The van der Waals surface area contributed by atoms with Gasteiger partial charge in [0.1, 0.15) is 5.67 Å². The van der Waals surface area contributed by atoms with Gasteiger partial charge in [-0.25, -0.2) is 27.5 Å². The Morgan fingerprint density at radius 1 is 0.975 bits per heavy atom. The minimum absolute atomic E-state index is 0.0907. The molecule has 0 radical (unpaired) electrons. The van der Waals surface area contributed by atoms with E-state index in [2.05, 4.69) is 15.1 Å². The van der Waals surface area contributed by atoms with E-state index in [1.165, 1.54) is 19.9 Å². The van der Waals surface area contributed by atoms with Crippen LogP contribution >= 0.6 is 11.6 Å². The SMILES string of the molecule is CC(F)(F)c1ccc(S(=O)(=O)n2nc(N3CCN(c4ncc(F)cn4)C[C@H]3C(C)(C)F)c3c(Cl)cccc32)cc1. The molecule has 5 rings (SSSR count). The summed E-state index contributed by atoms with van der Waals surface area (Å²) < 4.78 is 84.6. The molecule has 0 N–H and O–H groups in total. The molecule has 0 spiro atoms. The number of fused-ring (bicyclic) bond motifs is 1. The van der Waals surface area contributed by atoms with E-state index >= 15 is 4.39 Å². The van der Waals surface area contributed by atoms with E-state index in [-0.39, 0.29) is 45.9 Å². The Labute approximate surface area is 233 Å². The Bertz CT molecular complexity index is 1650. The van der Waals surface area contributed by atoms with Crippen molar-refractivity contribution >= 4 is 44.3 Å². The number of hydrogen-bond donors (Lipinski definition) is 0. The summed E-state index contributed by atoms with van der Waals surface area (Å²) in [5.74, 6) is -3.37. The van der Waals surface area contributed by atoms with Crippen LogP contribution < -0.4 is 9.80 Å². The number of alkyl halides is 3. The zero-order chi connectivity index (χ0) is 29.0. The van der Waals surface area contributed by atoms with Crippen LogP contribution in [-0.2, 0) is 15.9 Å². The molecule has 0 bridgehead atoms. The maximum absolute atomic E-state index is 15.7. The normalized spacial score (nSPS) is 17.1. The molecule has 8 nitrogen and oxygen atoms in total. The van der Waals surface area contributed by atoms with Crippen molar-refractivity contribution in [2.24, 2.45) is 0 Å². The van der Waals surface area contributed by atoms with Crippen molar-refractivity contribution in [3.8, 4) is 0 Å². The summed E-state index contributed by atoms with van der Waals surface area (Å²) in [7, 11) is -4.36. The van der Waals surface area contributed by atoms with Crippen LogP contribution in [0.15, 0.2) is 59.8 Å². The second-order valence-electron chi connectivity index (χ2n) is 10.1. The monoisotopic (exact) mass is 596 g/mol. The fourth-order valence-corrected chi connectivity index (χ4v) is 6.29. The highest BCUT2D eigenvalue weighted by molar-refractivity contribution is 7.90. The first-order valence-electron chi connectivity index (χ1n) is 12.3. The number of anilines is 2. The quantitative estimate of drug-likeness (QED) is 0.275. The first-order chi connectivity index (χ1) is 18.7. The van der Waals surface area contributed by atoms with E-state index < -0.39 is 33.5 Å². The van der Waals surface area contributed by atoms with Crippen LogP contribution in [0, 0.1) is 5.82 Å². The van der Waals surface area contributed by atoms with Crippen molar-refractivity contribution in [3.63, 3.8) is 0 Å². The lowest BCUT2D eigenvalue weighted by Gasteiger charge is -2.45. The average molecular weight is 597 g/mol. The molecule has 212 valence electrons. The Balaban J connectivity index is 1.60. The molecule has 1 atom stereocenters. The molecule has 0 unspecified atom stereocenters. The molecule has 0 amide bonds. The minimum Gasteiger partial charge on any atom is -0.345 e. The Kier molecular flexibility index (Phi) is 6.94. The van der Waals surface area contributed by atoms with Gasteiger partial charge in [-0.3, -0.25) is 0 Å². The number of rotatable bonds is 6. The van der Waals surface area contributed by atoms with Crippen LogP contribution in [0.1, 0.15) is 26.3 Å². The largest absolute Gasteiger partial charge is 0.345 e. The number of nitrogens with zero attached hydrogens (tertiary/aromatic N) is 6. The molecule has 1 aliphatic rings. The predicted molar refractivity (Wildman–Crippen MR) is 144 cm³/mol. The summed E-state index contributed by atoms with van der Waals surface area (Å²) in [5.41, 5.74) is -2.00. The zero-order valence-electron chi connectivity index (χ0n) is 21.7. The third-order valence-corrected chi connectivity index (χ3v) is 8.74. The molecule has 40 heavy (non-hydrogen) atoms. The van der Waals surface area contributed by atoms with Gasteiger partial charge in [-0.15, -0.1) is 5.10 Å². The summed E-state index contributed by atoms with van der Waals surface area (Å²) in [6, 6.07) is 8.07. The highest BCUT2D eigenvalue weighted by Crippen LogP contribution is 2.38. The van der Waals surface area contributed by atoms with Crippen molar-refractivity contribution in [2.75, 3.05) is 29.4 Å². The van der Waals surface area contributed by atoms with Crippen LogP contribution in [0.3, 0.4) is 0 Å². The maximum Gasteiger partial charge on any atom is 0.283 e. The van der Waals surface area contributed by atoms with E-state index in [9.17, 15) is 21.6 Å². The molecule has 14 heteroatoms. The summed E-state index contributed by atoms with van der Waals surface area (Å²) in [5, 5.41) is 4.92. The van der Waals surface area contributed by atoms with Crippen molar-refractivity contribution in [3.05, 3.63) is 71.3 Å². The third kappa shape index (κ3) is 5.07. The number of halogens is 5. The lowest BCUT2D eigenvalue weighted by molar-refractivity contribution is 0.0174. The van der Waals surface area contributed by atoms with E-state index in [0.29, 0.717) is 11.9 Å². The summed E-state index contributed by atoms with van der Waals surface area (Å²) >= 11 is 6.55. The van der Waals surface area contributed by atoms with Crippen molar-refractivity contribution in [1.82, 2.24) is 19.2 Å². The predicted octanol–water partition coefficient (Wildman–Crippen LogP) is 5.41. The van der Waals surface area contributed by atoms with Gasteiger partial charge in [0.05, 0.1) is 39.3 Å². The van der Waals surface area contributed by atoms with E-state index in [1.54, 1.807) is 21.9 Å². The number of hydrogen-bond acceptors (Lipinski definition) is 7. The van der Waals surface area contributed by atoms with Crippen LogP contribution in [0.25, 0.3) is 10.9 Å². The molecule has 0 aliphatic carbocycles. The van der Waals surface area contributed by atoms with Gasteiger partial charge in [-0.2, -0.15) is 12.5 Å². The lowest BCUT2D eigenvalue weighted by Crippen LogP contribution is -2.60. The molecule has 1 aliphatic heterocycles. The summed E-state index contributed by atoms with van der Waals surface area (Å²) in [4.78, 5) is 11.1. The van der Waals surface area contributed by atoms with E-state index in [0.717, 1.165) is 47.7 Å². The molecule has 4 aromatic rings. The van der Waals surface area contributed by atoms with Crippen LogP contribution in [-0.4, -0.2) is 58.9 Å². The van der Waals surface area contributed by atoms with Crippen LogP contribution in [0.5, 0.6) is 0 Å². The molecule has 2 aromatic heterocycles. The minimum atomic E-state index is -4.36. The van der Waals surface area contributed by atoms with Crippen molar-refractivity contribution in [1.29, 1.82) is 0 Å². The first kappa shape index (κ1) is 28.1. The second-order valence-corrected chi connectivity index (χ2v) is 12.3. The Morgan fingerprint density at radius 3 is 2.23 bits per heavy atom. The molecular weight excluding hydrogens is 572 g/mol. The summed E-state index contributed by atoms with van der Waals surface area (Å²) in [6.07, 6.45) is 2.05. The van der Waals surface area contributed by atoms with Gasteiger partial charge in [0.15, 0.2) is 11.6 Å². The molecule has 0 saturated carbocycles. The van der Waals surface area contributed by atoms with Crippen molar-refractivity contribution < 1.29 is 26.0 Å². The zero-order valence-corrected chi connectivity index (χ0v) is 23.3. The highest BCUT2D eigenvalue weighted by Gasteiger charge is 2.42. The first-order valence-corrected chi connectivity index (χ1v) is 14.1. The second kappa shape index (κ2) is 9.88. The van der Waals surface area contributed by atoms with Gasteiger partial charge in [0.2, 0.25) is 5.95 Å². The van der Waals surface area contributed by atoms with Crippen molar-refractivity contribution in [2.45, 2.75) is 43.3 Å². The number of aromatic nitrogens is 4. The van der Waals surface area contributed by atoms with Gasteiger partial charge in [-0.1, -0.05) is 29.8 Å². The van der Waals surface area contributed by atoms with Gasteiger partial charge >= 0.3 is 0 Å². The average Bonchev–Trinajstić information content (AvgIpc) is 3.30. The third-order valence-electron chi connectivity index (χ3n) is 6.83. The number of piperazine rings is 1. The van der Waals surface area contributed by atoms with Crippen LogP contribution in [0.2, 0.25) is 5.02 Å². The fraction of sp³-hybridized carbons (Fsp3) is 0.346. The summed E-state index contributed by atoms with van der Waals surface area (Å²) in [6.45, 7) is 4.08. The van der Waals surface area contributed by atoms with Crippen LogP contribution in [0.4, 0.5) is 29.3 Å². The maximum atomic E-state index is 15.7. The molecule has 3 heterocycles. The van der Waals surface area contributed by atoms with Gasteiger partial charge in [0, 0.05) is 32.1 Å². The molecule has 1 saturated heterocycles. The topological polar surface area (TPSA) is 84.2 Å². The Hall–Kier alpha value is -3.45. The molecule has 1 fully saturated rings. The fourth-order valence-electron chi connectivity index (χ4n) is 4.76. The van der Waals surface area contributed by atoms with E-state index in [4.69, 9.17) is 11.6 Å². The smallest absolute Gasteiger partial charge is 0.283 e.